The third-order valence-corrected chi connectivity index (χ3v) is 8.35. The molecule has 4 rings (SSSR count). The minimum absolute atomic E-state index is 0.613. The number of rotatable bonds is 3. The molecule has 0 saturated carbocycles. The molecule has 0 unspecified atom stereocenters. The highest BCUT2D eigenvalue weighted by Crippen LogP contribution is 2.47. The molecule has 0 fully saturated rings. The number of fused-ring (bicyclic) bond motifs is 1. The summed E-state index contributed by atoms with van der Waals surface area (Å²) in [5, 5.41) is 3.45. The first kappa shape index (κ1) is 14.0. The van der Waals surface area contributed by atoms with Gasteiger partial charge in [-0.1, -0.05) is 60.7 Å². The first-order valence-electron chi connectivity index (χ1n) is 7.42. The lowest BCUT2D eigenvalue weighted by molar-refractivity contribution is -0.102. The van der Waals surface area contributed by atoms with E-state index < -0.39 is 6.89 Å². The number of carbonyl (C=O) groups is 1. The number of hydrogen-bond acceptors (Lipinski definition) is 2. The van der Waals surface area contributed by atoms with Crippen LogP contribution in [0.15, 0.2) is 77.9 Å². The zero-order valence-corrected chi connectivity index (χ0v) is 13.3. The fraction of sp³-hybridized carbons (Fsp3) is 0. The van der Waals surface area contributed by atoms with Gasteiger partial charge in [-0.15, -0.1) is 0 Å². The van der Waals surface area contributed by atoms with Gasteiger partial charge in [0.2, 0.25) is 0 Å². The Bertz CT molecular complexity index is 896. The summed E-state index contributed by atoms with van der Waals surface area (Å²) >= 11 is 0. The highest BCUT2D eigenvalue weighted by atomic mass is 31.2. The maximum Gasteiger partial charge on any atom is 0.169 e. The third kappa shape index (κ3) is 1.97. The molecule has 1 N–H and O–H groups in total. The van der Waals surface area contributed by atoms with Crippen molar-refractivity contribution < 1.29 is 4.79 Å². The molecule has 1 aromatic heterocycles. The van der Waals surface area contributed by atoms with Crippen molar-refractivity contribution in [2.45, 2.75) is 0 Å². The molecule has 4 heteroatoms. The minimum atomic E-state index is -2.23. The van der Waals surface area contributed by atoms with Crippen molar-refractivity contribution in [3.63, 3.8) is 0 Å². The van der Waals surface area contributed by atoms with Crippen LogP contribution in [0.5, 0.6) is 0 Å². The second kappa shape index (κ2) is 5.53. The molecule has 0 aliphatic carbocycles. The van der Waals surface area contributed by atoms with Crippen LogP contribution in [0, 0.1) is 0 Å². The van der Waals surface area contributed by atoms with Crippen LogP contribution in [0.3, 0.4) is 0 Å². The molecule has 0 bridgehead atoms. The molecule has 0 spiro atoms. The van der Waals surface area contributed by atoms with Gasteiger partial charge in [0.15, 0.2) is 6.29 Å². The second-order valence-electron chi connectivity index (χ2n) is 5.35. The lowest BCUT2D eigenvalue weighted by Crippen LogP contribution is -2.33. The summed E-state index contributed by atoms with van der Waals surface area (Å²) in [7, 11) is 0. The van der Waals surface area contributed by atoms with E-state index in [1.54, 1.807) is 6.21 Å². The zero-order chi connectivity index (χ0) is 15.7. The molecule has 23 heavy (non-hydrogen) atoms. The smallest absolute Gasteiger partial charge is 0.169 e. The average molecular weight is 318 g/mol. The molecule has 2 heterocycles. The van der Waals surface area contributed by atoms with E-state index in [2.05, 4.69) is 40.3 Å². The first-order valence-corrected chi connectivity index (χ1v) is 9.21. The van der Waals surface area contributed by atoms with Crippen LogP contribution in [-0.2, 0) is 4.79 Å². The normalized spacial score (nSPS) is 15.2. The van der Waals surface area contributed by atoms with E-state index in [1.165, 1.54) is 0 Å². The van der Waals surface area contributed by atoms with Gasteiger partial charge in [-0.25, -0.2) is 0 Å². The number of aromatic amines is 1. The van der Waals surface area contributed by atoms with Crippen molar-refractivity contribution >= 4 is 40.7 Å². The van der Waals surface area contributed by atoms with Crippen molar-refractivity contribution in [3.05, 3.63) is 78.6 Å². The van der Waals surface area contributed by atoms with Crippen LogP contribution in [0.2, 0.25) is 0 Å². The van der Waals surface area contributed by atoms with Crippen LogP contribution >= 0.6 is 6.89 Å². The van der Waals surface area contributed by atoms with E-state index in [-0.39, 0.29) is 0 Å². The molecule has 2 aromatic carbocycles. The fourth-order valence-electron chi connectivity index (χ4n) is 3.22. The minimum Gasteiger partial charge on any atom is -0.360 e. The Kier molecular flexibility index (Phi) is 3.36. The Balaban J connectivity index is 2.23. The highest BCUT2D eigenvalue weighted by molar-refractivity contribution is 7.96. The van der Waals surface area contributed by atoms with Gasteiger partial charge >= 0.3 is 0 Å². The van der Waals surface area contributed by atoms with E-state index >= 15 is 0 Å². The summed E-state index contributed by atoms with van der Waals surface area (Å²) in [5.41, 5.74) is 1.60. The fourth-order valence-corrected chi connectivity index (χ4v) is 7.26. The molecule has 0 atom stereocenters. The Hall–Kier alpha value is -2.64. The largest absolute Gasteiger partial charge is 0.360 e. The van der Waals surface area contributed by atoms with E-state index in [0.29, 0.717) is 5.42 Å². The molecular formula is C19H15N2OP. The van der Waals surface area contributed by atoms with Crippen LogP contribution < -0.4 is 15.9 Å². The molecule has 0 radical (unpaired) electrons. The monoisotopic (exact) mass is 318 g/mol. The first-order chi connectivity index (χ1) is 11.4. The Morgan fingerprint density at radius 2 is 1.48 bits per heavy atom. The van der Waals surface area contributed by atoms with Gasteiger partial charge in [0.25, 0.3) is 0 Å². The highest BCUT2D eigenvalue weighted by Gasteiger charge is 2.34. The van der Waals surface area contributed by atoms with E-state index in [4.69, 9.17) is 0 Å². The lowest BCUT2D eigenvalue weighted by Gasteiger charge is -2.30. The topological polar surface area (TPSA) is 45.2 Å². The SMILES string of the molecule is O=CC1=P(c2ccccc2)(c2ccccc2)c2cc[nH]c2C=N1. The number of aliphatic imine (C=N–C) groups is 1. The number of aldehydes is 1. The predicted octanol–water partition coefficient (Wildman–Crippen LogP) is 2.07. The van der Waals surface area contributed by atoms with Crippen LogP contribution in [0.1, 0.15) is 5.69 Å². The summed E-state index contributed by atoms with van der Waals surface area (Å²) in [5.74, 6) is 0. The molecular weight excluding hydrogens is 303 g/mol. The molecule has 0 saturated heterocycles. The number of aromatic nitrogens is 1. The third-order valence-electron chi connectivity index (χ3n) is 4.18. The maximum absolute atomic E-state index is 11.9. The van der Waals surface area contributed by atoms with Gasteiger partial charge in [-0.3, -0.25) is 9.79 Å². The van der Waals surface area contributed by atoms with E-state index in [1.807, 2.05) is 42.6 Å². The number of nitrogens with one attached hydrogen (secondary N) is 1. The summed E-state index contributed by atoms with van der Waals surface area (Å²) in [4.78, 5) is 19.7. The zero-order valence-electron chi connectivity index (χ0n) is 12.4. The van der Waals surface area contributed by atoms with Gasteiger partial charge in [0.1, 0.15) is 5.42 Å². The standard InChI is InChI=1S/C19H15N2OP/c22-14-19-21-13-17-18(11-12-20-17)23(19,15-7-3-1-4-8-15)16-9-5-2-6-10-16/h1-14,20H. The van der Waals surface area contributed by atoms with E-state index in [0.717, 1.165) is 27.9 Å². The maximum atomic E-state index is 11.9. The second-order valence-corrected chi connectivity index (χ2v) is 8.67. The number of benzene rings is 2. The molecule has 0 amide bonds. The summed E-state index contributed by atoms with van der Waals surface area (Å²) in [6, 6.07) is 22.6. The van der Waals surface area contributed by atoms with Crippen molar-refractivity contribution in [1.82, 2.24) is 4.98 Å². The van der Waals surface area contributed by atoms with Gasteiger partial charge in [-0.05, 0) is 16.7 Å². The quantitative estimate of drug-likeness (QED) is 0.583. The molecule has 1 aliphatic rings. The lowest BCUT2D eigenvalue weighted by atomic mass is 10.4. The number of H-pyrrole nitrogens is 1. The molecule has 112 valence electrons. The summed E-state index contributed by atoms with van der Waals surface area (Å²) in [6.45, 7) is -2.23. The van der Waals surface area contributed by atoms with Gasteiger partial charge in [0, 0.05) is 18.4 Å². The van der Waals surface area contributed by atoms with Crippen LogP contribution in [0.4, 0.5) is 0 Å². The predicted molar refractivity (Wildman–Crippen MR) is 98.2 cm³/mol. The summed E-state index contributed by atoms with van der Waals surface area (Å²) in [6.07, 6.45) is 4.59. The number of hydrogen-bond donors (Lipinski definition) is 1. The van der Waals surface area contributed by atoms with Gasteiger partial charge < -0.3 is 4.98 Å². The Morgan fingerprint density at radius 1 is 0.870 bits per heavy atom. The van der Waals surface area contributed by atoms with Crippen molar-refractivity contribution in [3.8, 4) is 0 Å². The van der Waals surface area contributed by atoms with E-state index in [9.17, 15) is 4.79 Å². The van der Waals surface area contributed by atoms with Crippen molar-refractivity contribution in [2.24, 2.45) is 4.99 Å². The number of nitrogens with zero attached hydrogens (tertiary/aromatic N) is 1. The summed E-state index contributed by atoms with van der Waals surface area (Å²) < 4.78 is 0. The average Bonchev–Trinajstić information content (AvgIpc) is 3.11. The number of carbonyl (C=O) groups excluding carboxylic acids is 1. The Labute approximate surface area is 134 Å². The van der Waals surface area contributed by atoms with Gasteiger partial charge in [0.05, 0.1) is 11.9 Å². The van der Waals surface area contributed by atoms with Crippen molar-refractivity contribution in [1.29, 1.82) is 0 Å². The molecule has 3 aromatic rings. The molecule has 1 aliphatic heterocycles. The Morgan fingerprint density at radius 3 is 2.04 bits per heavy atom. The van der Waals surface area contributed by atoms with Crippen LogP contribution in [-0.4, -0.2) is 22.9 Å². The molecule has 3 nitrogen and oxygen atoms in total. The van der Waals surface area contributed by atoms with Crippen LogP contribution in [0.25, 0.3) is 0 Å². The van der Waals surface area contributed by atoms with Gasteiger partial charge in [-0.2, -0.15) is 0 Å². The van der Waals surface area contributed by atoms with Crippen molar-refractivity contribution in [2.75, 3.05) is 0 Å².